The molecule has 0 aliphatic rings. The van der Waals surface area contributed by atoms with Crippen LogP contribution in [0.5, 0.6) is 0 Å². The lowest BCUT2D eigenvalue weighted by atomic mass is 9.99. The summed E-state index contributed by atoms with van der Waals surface area (Å²) in [7, 11) is 1.38. The summed E-state index contributed by atoms with van der Waals surface area (Å²) in [4.78, 5) is 11.6. The predicted molar refractivity (Wildman–Crippen MR) is 69.1 cm³/mol. The lowest BCUT2D eigenvalue weighted by Gasteiger charge is -2.27. The molecule has 102 valence electrons. The third-order valence-electron chi connectivity index (χ3n) is 2.47. The van der Waals surface area contributed by atoms with Crippen LogP contribution in [-0.4, -0.2) is 59.6 Å². The minimum Gasteiger partial charge on any atom is -0.468 e. The number of hydrogen-bond donors (Lipinski definition) is 3. The molecule has 0 spiro atoms. The number of esters is 1. The zero-order valence-electron chi connectivity index (χ0n) is 10.7. The van der Waals surface area contributed by atoms with Gasteiger partial charge in [-0.2, -0.15) is 11.8 Å². The number of carbonyl (C=O) groups excluding carboxylic acids is 1. The molecule has 5 nitrogen and oxygen atoms in total. The highest BCUT2D eigenvalue weighted by molar-refractivity contribution is 7.99. The summed E-state index contributed by atoms with van der Waals surface area (Å²) >= 11 is 1.51. The molecule has 0 amide bonds. The summed E-state index contributed by atoms with van der Waals surface area (Å²) in [5, 5.41) is 20.9. The first-order valence-electron chi connectivity index (χ1n) is 5.70. The Kier molecular flexibility index (Phi) is 8.59. The second-order valence-electron chi connectivity index (χ2n) is 4.02. The maximum Gasteiger partial charge on any atom is 0.325 e. The van der Waals surface area contributed by atoms with Crippen LogP contribution < -0.4 is 5.32 Å². The smallest absolute Gasteiger partial charge is 0.325 e. The average Bonchev–Trinajstić information content (AvgIpc) is 2.33. The van der Waals surface area contributed by atoms with Gasteiger partial charge in [-0.1, -0.05) is 6.92 Å². The van der Waals surface area contributed by atoms with Crippen molar-refractivity contribution in [3.8, 4) is 0 Å². The van der Waals surface area contributed by atoms with E-state index >= 15 is 0 Å². The Bertz CT molecular complexity index is 228. The molecule has 0 aromatic carbocycles. The zero-order chi connectivity index (χ0) is 13.3. The molecule has 0 aliphatic heterocycles. The second kappa shape index (κ2) is 8.74. The topological polar surface area (TPSA) is 78.8 Å². The number of rotatable bonds is 9. The first kappa shape index (κ1) is 16.7. The Balaban J connectivity index is 4.05. The van der Waals surface area contributed by atoms with Crippen molar-refractivity contribution in [1.29, 1.82) is 0 Å². The van der Waals surface area contributed by atoms with Crippen molar-refractivity contribution < 1.29 is 19.7 Å². The van der Waals surface area contributed by atoms with Crippen LogP contribution in [0.25, 0.3) is 0 Å². The van der Waals surface area contributed by atoms with Crippen LogP contribution >= 0.6 is 11.8 Å². The van der Waals surface area contributed by atoms with Crippen LogP contribution in [-0.2, 0) is 9.53 Å². The van der Waals surface area contributed by atoms with Gasteiger partial charge < -0.3 is 20.3 Å². The fourth-order valence-corrected chi connectivity index (χ4v) is 2.52. The van der Waals surface area contributed by atoms with Crippen LogP contribution in [0.3, 0.4) is 0 Å². The summed E-state index contributed by atoms with van der Waals surface area (Å²) in [6.45, 7) is 4.21. The number of hydrogen-bond acceptors (Lipinski definition) is 6. The molecule has 17 heavy (non-hydrogen) atoms. The Labute approximate surface area is 107 Å². The van der Waals surface area contributed by atoms with E-state index < -0.39 is 11.6 Å². The van der Waals surface area contributed by atoms with Crippen molar-refractivity contribution in [1.82, 2.24) is 5.32 Å². The van der Waals surface area contributed by atoms with E-state index in [-0.39, 0.29) is 12.6 Å². The summed E-state index contributed by atoms with van der Waals surface area (Å²) in [6, 6.07) is 0. The molecule has 6 heteroatoms. The van der Waals surface area contributed by atoms with E-state index in [9.17, 15) is 4.79 Å². The van der Waals surface area contributed by atoms with Crippen LogP contribution in [0, 0.1) is 0 Å². The number of thioether (sulfide) groups is 1. The first-order valence-corrected chi connectivity index (χ1v) is 6.85. The van der Waals surface area contributed by atoms with E-state index in [1.54, 1.807) is 0 Å². The van der Waals surface area contributed by atoms with Gasteiger partial charge in [0.1, 0.15) is 5.54 Å². The minimum atomic E-state index is -0.691. The number of methoxy groups -OCH3 is 1. The predicted octanol–water partition coefficient (Wildman–Crippen LogP) is 0.00410. The van der Waals surface area contributed by atoms with Gasteiger partial charge in [0.2, 0.25) is 0 Å². The lowest BCUT2D eigenvalue weighted by Crippen LogP contribution is -2.50. The molecule has 0 aliphatic carbocycles. The fourth-order valence-electron chi connectivity index (χ4n) is 1.43. The molecule has 0 bridgehead atoms. The Morgan fingerprint density at radius 1 is 1.59 bits per heavy atom. The van der Waals surface area contributed by atoms with Crippen molar-refractivity contribution in [3.63, 3.8) is 0 Å². The summed E-state index contributed by atoms with van der Waals surface area (Å²) in [6.07, 6.45) is -0.0698. The van der Waals surface area contributed by atoms with Gasteiger partial charge in [-0.15, -0.1) is 0 Å². The molecule has 3 N–H and O–H groups in total. The van der Waals surface area contributed by atoms with E-state index in [1.165, 1.54) is 18.9 Å². The molecule has 2 atom stereocenters. The third kappa shape index (κ3) is 6.26. The van der Waals surface area contributed by atoms with Gasteiger partial charge >= 0.3 is 5.97 Å². The Morgan fingerprint density at radius 3 is 2.71 bits per heavy atom. The van der Waals surface area contributed by atoms with Gasteiger partial charge in [0.05, 0.1) is 19.8 Å². The molecule has 0 saturated carbocycles. The van der Waals surface area contributed by atoms with E-state index in [2.05, 4.69) is 5.32 Å². The molecule has 0 aromatic heterocycles. The number of ether oxygens (including phenoxy) is 1. The largest absolute Gasteiger partial charge is 0.468 e. The SMILES string of the molecule is CCNC(C)(CCSCC(O)CO)C(=O)OC. The Morgan fingerprint density at radius 2 is 2.24 bits per heavy atom. The first-order chi connectivity index (χ1) is 8.00. The molecule has 2 unspecified atom stereocenters. The van der Waals surface area contributed by atoms with Crippen LogP contribution in [0.2, 0.25) is 0 Å². The van der Waals surface area contributed by atoms with Crippen LogP contribution in [0.15, 0.2) is 0 Å². The summed E-state index contributed by atoms with van der Waals surface area (Å²) in [5.41, 5.74) is -0.680. The molecular formula is C11H23NO4S. The fraction of sp³-hybridized carbons (Fsp3) is 0.909. The monoisotopic (exact) mass is 265 g/mol. The van der Waals surface area contributed by atoms with E-state index in [0.717, 1.165) is 5.75 Å². The van der Waals surface area contributed by atoms with Gasteiger partial charge in [-0.05, 0) is 25.6 Å². The second-order valence-corrected chi connectivity index (χ2v) is 5.17. The van der Waals surface area contributed by atoms with Gasteiger partial charge in [0, 0.05) is 5.75 Å². The van der Waals surface area contributed by atoms with Crippen molar-refractivity contribution >= 4 is 17.7 Å². The Hall–Kier alpha value is -0.300. The van der Waals surface area contributed by atoms with Crippen molar-refractivity contribution in [3.05, 3.63) is 0 Å². The quantitative estimate of drug-likeness (QED) is 0.402. The van der Waals surface area contributed by atoms with E-state index in [1.807, 2.05) is 13.8 Å². The van der Waals surface area contributed by atoms with E-state index in [4.69, 9.17) is 14.9 Å². The maximum atomic E-state index is 11.6. The normalized spacial score (nSPS) is 16.3. The van der Waals surface area contributed by atoms with Crippen molar-refractivity contribution in [2.75, 3.05) is 31.8 Å². The zero-order valence-corrected chi connectivity index (χ0v) is 11.5. The highest BCUT2D eigenvalue weighted by atomic mass is 32.2. The number of nitrogens with one attached hydrogen (secondary N) is 1. The number of likely N-dealkylation sites (N-methyl/N-ethyl adjacent to an activating group) is 1. The summed E-state index contributed by atoms with van der Waals surface area (Å²) < 4.78 is 4.77. The molecule has 0 heterocycles. The average molecular weight is 265 g/mol. The molecule has 0 aromatic rings. The highest BCUT2D eigenvalue weighted by Crippen LogP contribution is 2.16. The molecule has 0 saturated heterocycles. The molecule has 0 rings (SSSR count). The van der Waals surface area contributed by atoms with Crippen molar-refractivity contribution in [2.45, 2.75) is 31.9 Å². The van der Waals surface area contributed by atoms with Gasteiger partial charge in [-0.25, -0.2) is 0 Å². The number of carbonyl (C=O) groups is 1. The molecular weight excluding hydrogens is 242 g/mol. The lowest BCUT2D eigenvalue weighted by molar-refractivity contribution is -0.147. The van der Waals surface area contributed by atoms with Crippen LogP contribution in [0.1, 0.15) is 20.3 Å². The highest BCUT2D eigenvalue weighted by Gasteiger charge is 2.32. The van der Waals surface area contributed by atoms with Crippen LogP contribution in [0.4, 0.5) is 0 Å². The van der Waals surface area contributed by atoms with Gasteiger partial charge in [-0.3, -0.25) is 4.79 Å². The standard InChI is InChI=1S/C11H23NO4S/c1-4-12-11(2,10(15)16-3)5-6-17-8-9(14)7-13/h9,12-14H,4-8H2,1-3H3. The number of aliphatic hydroxyl groups excluding tert-OH is 2. The summed E-state index contributed by atoms with van der Waals surface area (Å²) in [5.74, 6) is 0.915. The number of aliphatic hydroxyl groups is 2. The minimum absolute atomic E-state index is 0.228. The maximum absolute atomic E-state index is 11.6. The molecule has 0 fully saturated rings. The third-order valence-corrected chi connectivity index (χ3v) is 3.58. The van der Waals surface area contributed by atoms with Gasteiger partial charge in [0.25, 0.3) is 0 Å². The van der Waals surface area contributed by atoms with Gasteiger partial charge in [0.15, 0.2) is 0 Å². The van der Waals surface area contributed by atoms with E-state index in [0.29, 0.717) is 18.7 Å². The van der Waals surface area contributed by atoms with Crippen molar-refractivity contribution in [2.24, 2.45) is 0 Å². The molecule has 0 radical (unpaired) electrons.